The predicted octanol–water partition coefficient (Wildman–Crippen LogP) is 5.10. The van der Waals surface area contributed by atoms with E-state index in [2.05, 4.69) is 34.6 Å². The minimum Gasteiger partial charge on any atom is -0.459 e. The van der Waals surface area contributed by atoms with E-state index in [1.54, 1.807) is 0 Å². The standard InChI is InChI=1S/C18H32O2/c1-6-17(10-8-7-9-11-17)20-15(19)18(12-14(18)2)13-16(3,4)5/h14H,6-13H2,1-5H3. The second-order valence-electron chi connectivity index (χ2n) is 8.49. The lowest BCUT2D eigenvalue weighted by molar-refractivity contribution is -0.172. The largest absolute Gasteiger partial charge is 0.459 e. The molecule has 2 saturated carbocycles. The van der Waals surface area contributed by atoms with Crippen LogP contribution < -0.4 is 0 Å². The summed E-state index contributed by atoms with van der Waals surface area (Å²) >= 11 is 0. The lowest BCUT2D eigenvalue weighted by atomic mass is 9.80. The molecule has 2 atom stereocenters. The van der Waals surface area contributed by atoms with Crippen LogP contribution in [0.2, 0.25) is 0 Å². The Hall–Kier alpha value is -0.530. The van der Waals surface area contributed by atoms with E-state index in [0.717, 1.165) is 32.1 Å². The van der Waals surface area contributed by atoms with Gasteiger partial charge in [0.2, 0.25) is 0 Å². The van der Waals surface area contributed by atoms with E-state index in [0.29, 0.717) is 5.92 Å². The van der Waals surface area contributed by atoms with Gasteiger partial charge >= 0.3 is 5.97 Å². The number of ether oxygens (including phenoxy) is 1. The second kappa shape index (κ2) is 5.35. The Balaban J connectivity index is 2.06. The van der Waals surface area contributed by atoms with Crippen molar-refractivity contribution < 1.29 is 9.53 Å². The number of esters is 1. The van der Waals surface area contributed by atoms with Gasteiger partial charge in [0.1, 0.15) is 5.60 Å². The molecule has 0 radical (unpaired) electrons. The van der Waals surface area contributed by atoms with Gasteiger partial charge in [-0.1, -0.05) is 41.0 Å². The molecule has 0 aromatic carbocycles. The molecule has 2 heteroatoms. The van der Waals surface area contributed by atoms with Gasteiger partial charge < -0.3 is 4.74 Å². The van der Waals surface area contributed by atoms with Crippen LogP contribution in [0.15, 0.2) is 0 Å². The molecule has 0 heterocycles. The summed E-state index contributed by atoms with van der Waals surface area (Å²) in [5.41, 5.74) is -0.143. The number of carbonyl (C=O) groups excluding carboxylic acids is 1. The van der Waals surface area contributed by atoms with E-state index in [4.69, 9.17) is 4.74 Å². The molecular weight excluding hydrogens is 248 g/mol. The summed E-state index contributed by atoms with van der Waals surface area (Å²) in [6, 6.07) is 0. The summed E-state index contributed by atoms with van der Waals surface area (Å²) in [5, 5.41) is 0. The van der Waals surface area contributed by atoms with Crippen LogP contribution >= 0.6 is 0 Å². The molecule has 2 aliphatic rings. The average Bonchev–Trinajstić information content (AvgIpc) is 2.99. The first-order chi connectivity index (χ1) is 9.23. The first-order valence-corrected chi connectivity index (χ1v) is 8.47. The van der Waals surface area contributed by atoms with Crippen LogP contribution in [0, 0.1) is 16.7 Å². The van der Waals surface area contributed by atoms with E-state index in [1.807, 2.05) is 0 Å². The van der Waals surface area contributed by atoms with Crippen LogP contribution in [0.5, 0.6) is 0 Å². The molecule has 0 N–H and O–H groups in total. The monoisotopic (exact) mass is 280 g/mol. The Kier molecular flexibility index (Phi) is 4.24. The third-order valence-electron chi connectivity index (χ3n) is 5.42. The van der Waals surface area contributed by atoms with Crippen molar-refractivity contribution in [2.45, 2.75) is 91.6 Å². The Labute approximate surface area is 124 Å². The SMILES string of the molecule is CCC1(OC(=O)C2(CC(C)(C)C)CC2C)CCCCC1. The first-order valence-electron chi connectivity index (χ1n) is 8.47. The Bertz CT molecular complexity index is 360. The zero-order valence-corrected chi connectivity index (χ0v) is 14.1. The van der Waals surface area contributed by atoms with Gasteiger partial charge in [-0.15, -0.1) is 0 Å². The van der Waals surface area contributed by atoms with Crippen LogP contribution in [0.25, 0.3) is 0 Å². The summed E-state index contributed by atoms with van der Waals surface area (Å²) in [6.07, 6.45) is 8.79. The molecule has 2 nitrogen and oxygen atoms in total. The number of hydrogen-bond donors (Lipinski definition) is 0. The highest BCUT2D eigenvalue weighted by molar-refractivity contribution is 5.81. The third-order valence-corrected chi connectivity index (χ3v) is 5.42. The average molecular weight is 280 g/mol. The van der Waals surface area contributed by atoms with Gasteiger partial charge in [0.25, 0.3) is 0 Å². The van der Waals surface area contributed by atoms with Crippen LogP contribution in [-0.2, 0) is 9.53 Å². The van der Waals surface area contributed by atoms with E-state index < -0.39 is 0 Å². The predicted molar refractivity (Wildman–Crippen MR) is 82.5 cm³/mol. The number of carbonyl (C=O) groups is 1. The van der Waals surface area contributed by atoms with Crippen molar-refractivity contribution in [3.05, 3.63) is 0 Å². The smallest absolute Gasteiger partial charge is 0.312 e. The summed E-state index contributed by atoms with van der Waals surface area (Å²) in [5.74, 6) is 0.593. The van der Waals surface area contributed by atoms with E-state index >= 15 is 0 Å². The molecule has 2 fully saturated rings. The van der Waals surface area contributed by atoms with Crippen LogP contribution in [-0.4, -0.2) is 11.6 Å². The quantitative estimate of drug-likeness (QED) is 0.669. The van der Waals surface area contributed by atoms with Gasteiger partial charge in [0.05, 0.1) is 5.41 Å². The summed E-state index contributed by atoms with van der Waals surface area (Å²) in [6.45, 7) is 11.0. The molecule has 0 saturated heterocycles. The van der Waals surface area contributed by atoms with Crippen molar-refractivity contribution in [3.8, 4) is 0 Å². The van der Waals surface area contributed by atoms with Gasteiger partial charge in [0.15, 0.2) is 0 Å². The molecule has 2 aliphatic carbocycles. The second-order valence-corrected chi connectivity index (χ2v) is 8.49. The molecule has 2 rings (SSSR count). The fourth-order valence-corrected chi connectivity index (χ4v) is 4.06. The van der Waals surface area contributed by atoms with Gasteiger partial charge in [-0.2, -0.15) is 0 Å². The van der Waals surface area contributed by atoms with Crippen molar-refractivity contribution in [1.82, 2.24) is 0 Å². The molecule has 0 aromatic rings. The Morgan fingerprint density at radius 1 is 1.20 bits per heavy atom. The normalized spacial score (nSPS) is 32.8. The lowest BCUT2D eigenvalue weighted by Gasteiger charge is -2.38. The molecule has 0 amide bonds. The maximum atomic E-state index is 12.8. The minimum atomic E-state index is -0.183. The van der Waals surface area contributed by atoms with E-state index in [9.17, 15) is 4.79 Å². The maximum absolute atomic E-state index is 12.8. The summed E-state index contributed by atoms with van der Waals surface area (Å²) in [7, 11) is 0. The molecule has 0 aromatic heterocycles. The van der Waals surface area contributed by atoms with Crippen molar-refractivity contribution >= 4 is 5.97 Å². The van der Waals surface area contributed by atoms with Crippen LogP contribution in [0.4, 0.5) is 0 Å². The van der Waals surface area contributed by atoms with Gasteiger partial charge in [-0.05, 0) is 56.3 Å². The van der Waals surface area contributed by atoms with E-state index in [1.165, 1.54) is 19.3 Å². The molecule has 116 valence electrons. The van der Waals surface area contributed by atoms with Crippen LogP contribution in [0.3, 0.4) is 0 Å². The van der Waals surface area contributed by atoms with Gasteiger partial charge in [-0.3, -0.25) is 4.79 Å². The van der Waals surface area contributed by atoms with Crippen molar-refractivity contribution in [2.24, 2.45) is 16.7 Å². The van der Waals surface area contributed by atoms with Crippen molar-refractivity contribution in [2.75, 3.05) is 0 Å². The Morgan fingerprint density at radius 3 is 2.15 bits per heavy atom. The van der Waals surface area contributed by atoms with Crippen LogP contribution in [0.1, 0.15) is 86.0 Å². The molecule has 20 heavy (non-hydrogen) atoms. The number of rotatable bonds is 4. The van der Waals surface area contributed by atoms with Crippen molar-refractivity contribution in [3.63, 3.8) is 0 Å². The highest BCUT2D eigenvalue weighted by atomic mass is 16.6. The van der Waals surface area contributed by atoms with Crippen molar-refractivity contribution in [1.29, 1.82) is 0 Å². The lowest BCUT2D eigenvalue weighted by Crippen LogP contribution is -2.40. The highest BCUT2D eigenvalue weighted by Crippen LogP contribution is 2.59. The first kappa shape index (κ1) is 15.9. The molecular formula is C18H32O2. The summed E-state index contributed by atoms with van der Waals surface area (Å²) in [4.78, 5) is 12.8. The third kappa shape index (κ3) is 3.20. The molecule has 2 unspecified atom stereocenters. The van der Waals surface area contributed by atoms with Gasteiger partial charge in [0, 0.05) is 0 Å². The summed E-state index contributed by atoms with van der Waals surface area (Å²) < 4.78 is 6.13. The molecule has 0 aliphatic heterocycles. The Morgan fingerprint density at radius 2 is 1.75 bits per heavy atom. The fraction of sp³-hybridized carbons (Fsp3) is 0.944. The van der Waals surface area contributed by atoms with Gasteiger partial charge in [-0.25, -0.2) is 0 Å². The topological polar surface area (TPSA) is 26.3 Å². The number of hydrogen-bond acceptors (Lipinski definition) is 2. The zero-order valence-electron chi connectivity index (χ0n) is 14.1. The maximum Gasteiger partial charge on any atom is 0.312 e. The van der Waals surface area contributed by atoms with E-state index in [-0.39, 0.29) is 22.4 Å². The zero-order chi connectivity index (χ0) is 15.0. The highest BCUT2D eigenvalue weighted by Gasteiger charge is 2.60. The fourth-order valence-electron chi connectivity index (χ4n) is 4.06. The minimum absolute atomic E-state index is 0.101. The molecule has 0 spiro atoms. The molecule has 0 bridgehead atoms.